The fraction of sp³-hybridized carbons (Fsp3) is 0.357. The minimum atomic E-state index is -0.367. The third-order valence-corrected chi connectivity index (χ3v) is 3.03. The topological polar surface area (TPSA) is 73.2 Å². The van der Waals surface area contributed by atoms with Crippen LogP contribution in [-0.2, 0) is 4.79 Å². The van der Waals surface area contributed by atoms with Crippen LogP contribution in [0, 0.1) is 11.3 Å². The van der Waals surface area contributed by atoms with E-state index in [-0.39, 0.29) is 18.2 Å². The van der Waals surface area contributed by atoms with Crippen molar-refractivity contribution < 1.29 is 9.59 Å². The van der Waals surface area contributed by atoms with Crippen LogP contribution in [0.3, 0.4) is 0 Å². The number of benzene rings is 1. The summed E-state index contributed by atoms with van der Waals surface area (Å²) in [6.45, 7) is 1.59. The summed E-state index contributed by atoms with van der Waals surface area (Å²) in [5, 5.41) is 11.0. The Hall–Kier alpha value is -2.35. The zero-order valence-electron chi connectivity index (χ0n) is 10.6. The molecule has 19 heavy (non-hydrogen) atoms. The lowest BCUT2D eigenvalue weighted by atomic mass is 10.1. The number of nitrogens with zero attached hydrogens (tertiary/aromatic N) is 2. The predicted octanol–water partition coefficient (Wildman–Crippen LogP) is 1.77. The molecular weight excluding hydrogens is 242 g/mol. The maximum atomic E-state index is 12.2. The summed E-state index contributed by atoms with van der Waals surface area (Å²) in [6.07, 6.45) is 1.90. The van der Waals surface area contributed by atoms with Gasteiger partial charge in [-0.3, -0.25) is 9.59 Å². The molecule has 1 N–H and O–H groups in total. The molecule has 1 aromatic rings. The van der Waals surface area contributed by atoms with E-state index >= 15 is 0 Å². The van der Waals surface area contributed by atoms with Crippen LogP contribution in [0.2, 0.25) is 0 Å². The summed E-state index contributed by atoms with van der Waals surface area (Å²) in [5.74, 6) is -0.373. The predicted molar refractivity (Wildman–Crippen MR) is 70.4 cm³/mol. The van der Waals surface area contributed by atoms with Crippen LogP contribution in [0.1, 0.15) is 29.6 Å². The van der Waals surface area contributed by atoms with Crippen molar-refractivity contribution in [1.29, 1.82) is 5.26 Å². The van der Waals surface area contributed by atoms with E-state index in [0.29, 0.717) is 11.3 Å². The van der Waals surface area contributed by atoms with Crippen LogP contribution in [0.25, 0.3) is 0 Å². The average Bonchev–Trinajstić information content (AvgIpc) is 2.92. The van der Waals surface area contributed by atoms with E-state index in [1.807, 2.05) is 4.90 Å². The van der Waals surface area contributed by atoms with Crippen molar-refractivity contribution in [2.24, 2.45) is 0 Å². The molecule has 0 aliphatic carbocycles. The largest absolute Gasteiger partial charge is 0.339 e. The van der Waals surface area contributed by atoms with Gasteiger partial charge in [0.15, 0.2) is 0 Å². The van der Waals surface area contributed by atoms with Crippen molar-refractivity contribution in [3.8, 4) is 6.07 Å². The average molecular weight is 257 g/mol. The van der Waals surface area contributed by atoms with Gasteiger partial charge in [0.1, 0.15) is 6.42 Å². The van der Waals surface area contributed by atoms with E-state index in [1.54, 1.807) is 30.3 Å². The van der Waals surface area contributed by atoms with Crippen LogP contribution in [0.5, 0.6) is 0 Å². The van der Waals surface area contributed by atoms with Crippen molar-refractivity contribution in [2.45, 2.75) is 19.3 Å². The molecule has 0 unspecified atom stereocenters. The third-order valence-electron chi connectivity index (χ3n) is 3.03. The lowest BCUT2D eigenvalue weighted by Crippen LogP contribution is -2.27. The lowest BCUT2D eigenvalue weighted by molar-refractivity contribution is -0.115. The standard InChI is InChI=1S/C14H15N3O2/c15-7-6-13(18)16-12-5-3-4-11(10-12)14(19)17-8-1-2-9-17/h3-5,10H,1-2,6,8-9H2,(H,16,18). The molecule has 1 fully saturated rings. The molecule has 1 saturated heterocycles. The fourth-order valence-electron chi connectivity index (χ4n) is 2.11. The Bertz CT molecular complexity index is 528. The number of nitriles is 1. The molecule has 0 aromatic heterocycles. The zero-order chi connectivity index (χ0) is 13.7. The lowest BCUT2D eigenvalue weighted by Gasteiger charge is -2.15. The Kier molecular flexibility index (Phi) is 4.14. The van der Waals surface area contributed by atoms with E-state index < -0.39 is 0 Å². The first-order valence-corrected chi connectivity index (χ1v) is 6.27. The maximum absolute atomic E-state index is 12.2. The van der Waals surface area contributed by atoms with Gasteiger partial charge in [-0.2, -0.15) is 5.26 Å². The summed E-state index contributed by atoms with van der Waals surface area (Å²) in [4.78, 5) is 25.3. The van der Waals surface area contributed by atoms with Gasteiger partial charge in [0.05, 0.1) is 6.07 Å². The second kappa shape index (κ2) is 6.01. The molecule has 0 atom stereocenters. The quantitative estimate of drug-likeness (QED) is 0.896. The molecule has 1 aliphatic heterocycles. The Balaban J connectivity index is 2.08. The van der Waals surface area contributed by atoms with E-state index in [9.17, 15) is 9.59 Å². The van der Waals surface area contributed by atoms with Gasteiger partial charge in [-0.25, -0.2) is 0 Å². The summed E-state index contributed by atoms with van der Waals surface area (Å²) in [5.41, 5.74) is 1.11. The van der Waals surface area contributed by atoms with Crippen LogP contribution >= 0.6 is 0 Å². The Labute approximate surface area is 111 Å². The van der Waals surface area contributed by atoms with Crippen LogP contribution in [0.4, 0.5) is 5.69 Å². The highest BCUT2D eigenvalue weighted by molar-refractivity contribution is 5.97. The highest BCUT2D eigenvalue weighted by Gasteiger charge is 2.19. The van der Waals surface area contributed by atoms with E-state index in [2.05, 4.69) is 5.32 Å². The molecule has 0 bridgehead atoms. The van der Waals surface area contributed by atoms with Crippen molar-refractivity contribution >= 4 is 17.5 Å². The van der Waals surface area contributed by atoms with E-state index in [0.717, 1.165) is 25.9 Å². The highest BCUT2D eigenvalue weighted by Crippen LogP contribution is 2.16. The molecule has 0 radical (unpaired) electrons. The number of carbonyl (C=O) groups is 2. The molecule has 5 heteroatoms. The van der Waals surface area contributed by atoms with Crippen molar-refractivity contribution in [3.05, 3.63) is 29.8 Å². The van der Waals surface area contributed by atoms with Crippen molar-refractivity contribution in [1.82, 2.24) is 4.90 Å². The maximum Gasteiger partial charge on any atom is 0.253 e. The minimum absolute atomic E-state index is 0.00566. The molecule has 1 heterocycles. The van der Waals surface area contributed by atoms with Gasteiger partial charge in [0.2, 0.25) is 5.91 Å². The first kappa shape index (κ1) is 13.1. The van der Waals surface area contributed by atoms with E-state index in [1.165, 1.54) is 0 Å². The van der Waals surface area contributed by atoms with Crippen LogP contribution in [0.15, 0.2) is 24.3 Å². The highest BCUT2D eigenvalue weighted by atomic mass is 16.2. The summed E-state index contributed by atoms with van der Waals surface area (Å²) >= 11 is 0. The second-order valence-electron chi connectivity index (χ2n) is 4.46. The molecule has 1 aliphatic rings. The van der Waals surface area contributed by atoms with Gasteiger partial charge < -0.3 is 10.2 Å². The zero-order valence-corrected chi connectivity index (χ0v) is 10.6. The van der Waals surface area contributed by atoms with Gasteiger partial charge in [0.25, 0.3) is 5.91 Å². The van der Waals surface area contributed by atoms with Crippen molar-refractivity contribution in [2.75, 3.05) is 18.4 Å². The van der Waals surface area contributed by atoms with Crippen LogP contribution in [-0.4, -0.2) is 29.8 Å². The first-order chi connectivity index (χ1) is 9.20. The normalized spacial score (nSPS) is 13.9. The second-order valence-corrected chi connectivity index (χ2v) is 4.46. The number of hydrogen-bond donors (Lipinski definition) is 1. The van der Waals surface area contributed by atoms with Crippen LogP contribution < -0.4 is 5.32 Å². The molecule has 2 rings (SSSR count). The summed E-state index contributed by atoms with van der Waals surface area (Å²) in [6, 6.07) is 8.60. The SMILES string of the molecule is N#CCC(=O)Nc1cccc(C(=O)N2CCCC2)c1. The van der Waals surface area contributed by atoms with Gasteiger partial charge >= 0.3 is 0 Å². The molecule has 98 valence electrons. The number of rotatable bonds is 3. The summed E-state index contributed by atoms with van der Waals surface area (Å²) in [7, 11) is 0. The van der Waals surface area contributed by atoms with Gasteiger partial charge in [0, 0.05) is 24.3 Å². The number of hydrogen-bond acceptors (Lipinski definition) is 3. The number of amides is 2. The number of likely N-dealkylation sites (tertiary alicyclic amines) is 1. The van der Waals surface area contributed by atoms with Crippen molar-refractivity contribution in [3.63, 3.8) is 0 Å². The molecular formula is C14H15N3O2. The Morgan fingerprint density at radius 3 is 2.74 bits per heavy atom. The number of anilines is 1. The van der Waals surface area contributed by atoms with Gasteiger partial charge in [-0.1, -0.05) is 6.07 Å². The molecule has 1 aromatic carbocycles. The molecule has 0 saturated carbocycles. The van der Waals surface area contributed by atoms with E-state index in [4.69, 9.17) is 5.26 Å². The number of nitrogens with one attached hydrogen (secondary N) is 1. The Morgan fingerprint density at radius 2 is 2.05 bits per heavy atom. The minimum Gasteiger partial charge on any atom is -0.339 e. The smallest absolute Gasteiger partial charge is 0.253 e. The molecule has 0 spiro atoms. The fourth-order valence-corrected chi connectivity index (χ4v) is 2.11. The number of carbonyl (C=O) groups excluding carboxylic acids is 2. The van der Waals surface area contributed by atoms with Gasteiger partial charge in [-0.15, -0.1) is 0 Å². The monoisotopic (exact) mass is 257 g/mol. The van der Waals surface area contributed by atoms with Gasteiger partial charge in [-0.05, 0) is 31.0 Å². The first-order valence-electron chi connectivity index (χ1n) is 6.27. The molecule has 2 amide bonds. The molecule has 5 nitrogen and oxygen atoms in total. The summed E-state index contributed by atoms with van der Waals surface area (Å²) < 4.78 is 0. The Morgan fingerprint density at radius 1 is 1.32 bits per heavy atom. The third kappa shape index (κ3) is 3.32.